The third-order valence-corrected chi connectivity index (χ3v) is 2.31. The summed E-state index contributed by atoms with van der Waals surface area (Å²) >= 11 is 0. The van der Waals surface area contributed by atoms with Crippen molar-refractivity contribution in [2.75, 3.05) is 5.32 Å². The molecule has 0 aliphatic heterocycles. The van der Waals surface area contributed by atoms with Crippen LogP contribution < -0.4 is 10.8 Å². The molecule has 0 aliphatic carbocycles. The molecule has 0 spiro atoms. The molecular formula is C12H16BNO2. The van der Waals surface area contributed by atoms with Gasteiger partial charge in [0.25, 0.3) is 0 Å². The van der Waals surface area contributed by atoms with Crippen LogP contribution in [0.4, 0.5) is 5.69 Å². The van der Waals surface area contributed by atoms with E-state index in [2.05, 4.69) is 11.9 Å². The highest BCUT2D eigenvalue weighted by Crippen LogP contribution is 2.09. The molecule has 0 saturated carbocycles. The van der Waals surface area contributed by atoms with E-state index in [-0.39, 0.29) is 11.7 Å². The molecule has 0 bridgehead atoms. The van der Waals surface area contributed by atoms with Gasteiger partial charge in [-0.1, -0.05) is 32.6 Å². The lowest BCUT2D eigenvalue weighted by Gasteiger charge is -2.11. The van der Waals surface area contributed by atoms with Crippen LogP contribution in [0.15, 0.2) is 36.9 Å². The van der Waals surface area contributed by atoms with Crippen LogP contribution in [0.2, 0.25) is 5.82 Å². The Kier molecular flexibility index (Phi) is 4.32. The molecule has 0 atom stereocenters. The molecule has 1 aromatic rings. The fourth-order valence-electron chi connectivity index (χ4n) is 1.38. The predicted octanol–water partition coefficient (Wildman–Crippen LogP) is 1.41. The Morgan fingerprint density at radius 3 is 2.81 bits per heavy atom. The molecule has 84 valence electrons. The molecule has 0 aromatic heterocycles. The maximum atomic E-state index is 11.1. The van der Waals surface area contributed by atoms with Gasteiger partial charge in [0.15, 0.2) is 0 Å². The Hall–Kier alpha value is -1.55. The molecule has 16 heavy (non-hydrogen) atoms. The van der Waals surface area contributed by atoms with Gasteiger partial charge in [0.2, 0.25) is 5.91 Å². The summed E-state index contributed by atoms with van der Waals surface area (Å²) in [6, 6.07) is 7.19. The Morgan fingerprint density at radius 1 is 1.56 bits per heavy atom. The van der Waals surface area contributed by atoms with Crippen molar-refractivity contribution in [3.8, 4) is 0 Å². The summed E-state index contributed by atoms with van der Waals surface area (Å²) in [4.78, 5) is 11.1. The van der Waals surface area contributed by atoms with E-state index in [0.717, 1.165) is 5.46 Å². The number of carbonyl (C=O) groups excluding carboxylic acids is 1. The van der Waals surface area contributed by atoms with E-state index in [1.807, 2.05) is 19.9 Å². The van der Waals surface area contributed by atoms with Gasteiger partial charge in [-0.25, -0.2) is 0 Å². The van der Waals surface area contributed by atoms with Crippen LogP contribution in [0.1, 0.15) is 13.8 Å². The Morgan fingerprint density at radius 2 is 2.25 bits per heavy atom. The maximum absolute atomic E-state index is 11.1. The highest BCUT2D eigenvalue weighted by Gasteiger charge is 2.18. The van der Waals surface area contributed by atoms with Crippen molar-refractivity contribution in [3.63, 3.8) is 0 Å². The van der Waals surface area contributed by atoms with Crippen molar-refractivity contribution in [1.29, 1.82) is 0 Å². The first-order valence-corrected chi connectivity index (χ1v) is 5.26. The number of nitrogens with one attached hydrogen (secondary N) is 1. The quantitative estimate of drug-likeness (QED) is 0.591. The van der Waals surface area contributed by atoms with Crippen molar-refractivity contribution in [2.24, 2.45) is 0 Å². The SMILES string of the molecule is C=CC(=O)Nc1cccc(B(O)C(C)C)c1. The molecule has 2 N–H and O–H groups in total. The van der Waals surface area contributed by atoms with Crippen LogP contribution in [0.5, 0.6) is 0 Å². The molecule has 0 fully saturated rings. The summed E-state index contributed by atoms with van der Waals surface area (Å²) in [5.74, 6) is -0.110. The minimum Gasteiger partial charge on any atom is -0.446 e. The zero-order valence-corrected chi connectivity index (χ0v) is 9.60. The van der Waals surface area contributed by atoms with Crippen LogP contribution in [0, 0.1) is 0 Å². The zero-order chi connectivity index (χ0) is 12.1. The zero-order valence-electron chi connectivity index (χ0n) is 9.60. The van der Waals surface area contributed by atoms with Crippen LogP contribution in [0.3, 0.4) is 0 Å². The third kappa shape index (κ3) is 3.24. The standard InChI is InChI=1S/C12H16BNO2/c1-4-12(15)14-11-7-5-6-10(8-11)13(16)9(2)3/h4-9,16H,1H2,2-3H3,(H,14,15). The fourth-order valence-corrected chi connectivity index (χ4v) is 1.38. The molecular weight excluding hydrogens is 201 g/mol. The second-order valence-corrected chi connectivity index (χ2v) is 4.01. The minimum absolute atomic E-state index is 0.144. The van der Waals surface area contributed by atoms with Gasteiger partial charge >= 0.3 is 6.92 Å². The summed E-state index contributed by atoms with van der Waals surface area (Å²) in [5, 5.41) is 12.5. The number of hydrogen-bond donors (Lipinski definition) is 2. The smallest absolute Gasteiger partial charge is 0.326 e. The van der Waals surface area contributed by atoms with Crippen LogP contribution in [-0.2, 0) is 4.79 Å². The van der Waals surface area contributed by atoms with Crippen LogP contribution >= 0.6 is 0 Å². The molecule has 0 radical (unpaired) electrons. The first kappa shape index (κ1) is 12.5. The van der Waals surface area contributed by atoms with Crippen molar-refractivity contribution in [1.82, 2.24) is 0 Å². The molecule has 0 aliphatic rings. The second-order valence-electron chi connectivity index (χ2n) is 4.01. The average Bonchev–Trinajstić information content (AvgIpc) is 2.28. The summed E-state index contributed by atoms with van der Waals surface area (Å²) in [6.07, 6.45) is 1.21. The van der Waals surface area contributed by atoms with Gasteiger partial charge in [-0.15, -0.1) is 0 Å². The van der Waals surface area contributed by atoms with Gasteiger partial charge < -0.3 is 10.3 Å². The van der Waals surface area contributed by atoms with E-state index in [9.17, 15) is 9.82 Å². The van der Waals surface area contributed by atoms with Gasteiger partial charge in [-0.2, -0.15) is 0 Å². The van der Waals surface area contributed by atoms with Crippen molar-refractivity contribution in [3.05, 3.63) is 36.9 Å². The largest absolute Gasteiger partial charge is 0.446 e. The third-order valence-electron chi connectivity index (χ3n) is 2.31. The number of hydrogen-bond acceptors (Lipinski definition) is 2. The molecule has 1 aromatic carbocycles. The van der Waals surface area contributed by atoms with Crippen LogP contribution in [-0.4, -0.2) is 17.8 Å². The number of rotatable bonds is 4. The summed E-state index contributed by atoms with van der Waals surface area (Å²) < 4.78 is 0. The van der Waals surface area contributed by atoms with Gasteiger partial charge in [0, 0.05) is 5.69 Å². The van der Waals surface area contributed by atoms with Crippen LogP contribution in [0.25, 0.3) is 0 Å². The van der Waals surface area contributed by atoms with Crippen molar-refractivity contribution < 1.29 is 9.82 Å². The average molecular weight is 217 g/mol. The molecule has 1 rings (SSSR count). The van der Waals surface area contributed by atoms with E-state index in [0.29, 0.717) is 5.69 Å². The maximum Gasteiger partial charge on any atom is 0.326 e. The Labute approximate surface area is 96.3 Å². The second kappa shape index (κ2) is 5.51. The lowest BCUT2D eigenvalue weighted by Crippen LogP contribution is -2.33. The van der Waals surface area contributed by atoms with E-state index in [1.54, 1.807) is 18.2 Å². The van der Waals surface area contributed by atoms with E-state index in [4.69, 9.17) is 0 Å². The normalized spacial score (nSPS) is 10.0. The number of benzene rings is 1. The van der Waals surface area contributed by atoms with Crippen molar-refractivity contribution in [2.45, 2.75) is 19.7 Å². The fraction of sp³-hybridized carbons (Fsp3) is 0.250. The Bertz CT molecular complexity index is 390. The van der Waals surface area contributed by atoms with Gasteiger partial charge in [-0.3, -0.25) is 4.79 Å². The van der Waals surface area contributed by atoms with Gasteiger partial charge in [0.05, 0.1) is 0 Å². The molecule has 0 heterocycles. The van der Waals surface area contributed by atoms with Gasteiger partial charge in [-0.05, 0) is 29.5 Å². The monoisotopic (exact) mass is 217 g/mol. The topological polar surface area (TPSA) is 49.3 Å². The van der Waals surface area contributed by atoms with Crippen molar-refractivity contribution >= 4 is 24.0 Å². The molecule has 1 amide bonds. The number of anilines is 1. The molecule has 0 saturated heterocycles. The van der Waals surface area contributed by atoms with E-state index >= 15 is 0 Å². The van der Waals surface area contributed by atoms with E-state index < -0.39 is 6.92 Å². The highest BCUT2D eigenvalue weighted by molar-refractivity contribution is 6.67. The summed E-state index contributed by atoms with van der Waals surface area (Å²) in [7, 11) is 0. The highest BCUT2D eigenvalue weighted by atomic mass is 16.2. The summed E-state index contributed by atoms with van der Waals surface area (Å²) in [5.41, 5.74) is 1.47. The first-order valence-electron chi connectivity index (χ1n) is 5.26. The molecule has 4 heteroatoms. The lowest BCUT2D eigenvalue weighted by atomic mass is 9.53. The lowest BCUT2D eigenvalue weighted by molar-refractivity contribution is -0.111. The molecule has 3 nitrogen and oxygen atoms in total. The predicted molar refractivity (Wildman–Crippen MR) is 68.0 cm³/mol. The minimum atomic E-state index is -0.513. The number of amides is 1. The number of carbonyl (C=O) groups is 1. The van der Waals surface area contributed by atoms with E-state index in [1.165, 1.54) is 6.08 Å². The Balaban J connectivity index is 2.86. The first-order chi connectivity index (χ1) is 7.54. The summed E-state index contributed by atoms with van der Waals surface area (Å²) in [6.45, 7) is 6.76. The molecule has 0 unspecified atom stereocenters. The van der Waals surface area contributed by atoms with Gasteiger partial charge in [0.1, 0.15) is 0 Å².